The fraction of sp³-hybridized carbons (Fsp3) is 0.417. The second kappa shape index (κ2) is 5.03. The molecular weight excluding hydrogens is 230 g/mol. The van der Waals surface area contributed by atoms with Crippen LogP contribution in [0.3, 0.4) is 0 Å². The zero-order valence-electron chi connectivity index (χ0n) is 10.8. The fourth-order valence-corrected chi connectivity index (χ4v) is 1.81. The SMILES string of the molecule is CC(=O)NCCNc1nc(C)nc2[nH]c(C)cc12. The van der Waals surface area contributed by atoms with Gasteiger partial charge in [0.2, 0.25) is 5.91 Å². The lowest BCUT2D eigenvalue weighted by Gasteiger charge is -2.07. The number of carbonyl (C=O) groups excluding carboxylic acids is 1. The van der Waals surface area contributed by atoms with Crippen molar-refractivity contribution in [2.75, 3.05) is 18.4 Å². The highest BCUT2D eigenvalue weighted by molar-refractivity contribution is 5.87. The van der Waals surface area contributed by atoms with E-state index in [-0.39, 0.29) is 5.91 Å². The molecular formula is C12H17N5O. The smallest absolute Gasteiger partial charge is 0.216 e. The Kier molecular flexibility index (Phi) is 3.45. The quantitative estimate of drug-likeness (QED) is 0.707. The number of anilines is 1. The molecule has 0 saturated heterocycles. The Labute approximate surface area is 105 Å². The van der Waals surface area contributed by atoms with Gasteiger partial charge in [0, 0.05) is 25.7 Å². The number of hydrogen-bond acceptors (Lipinski definition) is 4. The molecule has 18 heavy (non-hydrogen) atoms. The van der Waals surface area contributed by atoms with E-state index in [1.165, 1.54) is 6.92 Å². The summed E-state index contributed by atoms with van der Waals surface area (Å²) < 4.78 is 0. The van der Waals surface area contributed by atoms with Crippen LogP contribution in [0, 0.1) is 13.8 Å². The third-order valence-electron chi connectivity index (χ3n) is 2.53. The van der Waals surface area contributed by atoms with Crippen molar-refractivity contribution < 1.29 is 4.79 Å². The van der Waals surface area contributed by atoms with Gasteiger partial charge in [-0.3, -0.25) is 4.79 Å². The summed E-state index contributed by atoms with van der Waals surface area (Å²) in [6.07, 6.45) is 0. The Bertz CT molecular complexity index is 575. The zero-order chi connectivity index (χ0) is 13.1. The van der Waals surface area contributed by atoms with Crippen molar-refractivity contribution in [2.45, 2.75) is 20.8 Å². The molecule has 0 spiro atoms. The standard InChI is InChI=1S/C12H17N5O/c1-7-6-10-11(14-5-4-13-9(3)18)16-8(2)17-12(10)15-7/h6H,4-5H2,1-3H3,(H,13,18)(H2,14,15,16,17). The Hall–Kier alpha value is -2.11. The molecule has 0 fully saturated rings. The predicted molar refractivity (Wildman–Crippen MR) is 70.5 cm³/mol. The maximum absolute atomic E-state index is 10.8. The molecule has 2 aromatic heterocycles. The summed E-state index contributed by atoms with van der Waals surface area (Å²) in [6.45, 7) is 6.55. The molecule has 0 aliphatic carbocycles. The van der Waals surface area contributed by atoms with Crippen LogP contribution in [0.4, 0.5) is 5.82 Å². The molecule has 3 N–H and O–H groups in total. The maximum Gasteiger partial charge on any atom is 0.216 e. The van der Waals surface area contributed by atoms with Crippen LogP contribution in [-0.2, 0) is 4.79 Å². The van der Waals surface area contributed by atoms with Crippen molar-refractivity contribution in [3.8, 4) is 0 Å². The summed E-state index contributed by atoms with van der Waals surface area (Å²) in [4.78, 5) is 22.7. The highest BCUT2D eigenvalue weighted by Gasteiger charge is 2.07. The molecule has 0 aliphatic heterocycles. The first-order chi connectivity index (χ1) is 8.56. The number of nitrogens with one attached hydrogen (secondary N) is 3. The van der Waals surface area contributed by atoms with Crippen molar-refractivity contribution >= 4 is 22.8 Å². The first-order valence-corrected chi connectivity index (χ1v) is 5.88. The Morgan fingerprint density at radius 1 is 1.33 bits per heavy atom. The molecule has 2 rings (SSSR count). The van der Waals surface area contributed by atoms with E-state index < -0.39 is 0 Å². The van der Waals surface area contributed by atoms with Gasteiger partial charge in [0.1, 0.15) is 17.3 Å². The fourth-order valence-electron chi connectivity index (χ4n) is 1.81. The number of hydrogen-bond donors (Lipinski definition) is 3. The number of amides is 1. The lowest BCUT2D eigenvalue weighted by molar-refractivity contribution is -0.118. The van der Waals surface area contributed by atoms with E-state index >= 15 is 0 Å². The van der Waals surface area contributed by atoms with Crippen LogP contribution in [0.5, 0.6) is 0 Å². The molecule has 96 valence electrons. The monoisotopic (exact) mass is 247 g/mol. The third kappa shape index (κ3) is 2.77. The van der Waals surface area contributed by atoms with Crippen molar-refractivity contribution in [3.05, 3.63) is 17.6 Å². The molecule has 6 nitrogen and oxygen atoms in total. The van der Waals surface area contributed by atoms with Crippen LogP contribution < -0.4 is 10.6 Å². The van der Waals surface area contributed by atoms with E-state index in [4.69, 9.17) is 0 Å². The van der Waals surface area contributed by atoms with Gasteiger partial charge < -0.3 is 15.6 Å². The lowest BCUT2D eigenvalue weighted by atomic mass is 10.3. The van der Waals surface area contributed by atoms with Gasteiger partial charge in [-0.1, -0.05) is 0 Å². The number of fused-ring (bicyclic) bond motifs is 1. The highest BCUT2D eigenvalue weighted by atomic mass is 16.1. The van der Waals surface area contributed by atoms with E-state index in [9.17, 15) is 4.79 Å². The highest BCUT2D eigenvalue weighted by Crippen LogP contribution is 2.20. The Morgan fingerprint density at radius 3 is 2.83 bits per heavy atom. The molecule has 0 bridgehead atoms. The minimum atomic E-state index is -0.0293. The molecule has 2 heterocycles. The molecule has 0 radical (unpaired) electrons. The maximum atomic E-state index is 10.8. The van der Waals surface area contributed by atoms with Crippen molar-refractivity contribution in [1.29, 1.82) is 0 Å². The van der Waals surface area contributed by atoms with E-state index in [2.05, 4.69) is 25.6 Å². The lowest BCUT2D eigenvalue weighted by Crippen LogP contribution is -2.26. The van der Waals surface area contributed by atoms with Crippen molar-refractivity contribution in [2.24, 2.45) is 0 Å². The largest absolute Gasteiger partial charge is 0.368 e. The normalized spacial score (nSPS) is 10.6. The zero-order valence-corrected chi connectivity index (χ0v) is 10.8. The van der Waals surface area contributed by atoms with Gasteiger partial charge in [-0.2, -0.15) is 0 Å². The number of aryl methyl sites for hydroxylation is 2. The Morgan fingerprint density at radius 2 is 2.11 bits per heavy atom. The molecule has 1 amide bonds. The van der Waals surface area contributed by atoms with Gasteiger partial charge in [-0.25, -0.2) is 9.97 Å². The van der Waals surface area contributed by atoms with Gasteiger partial charge >= 0.3 is 0 Å². The van der Waals surface area contributed by atoms with Crippen LogP contribution in [0.2, 0.25) is 0 Å². The average Bonchev–Trinajstić information content (AvgIpc) is 2.64. The average molecular weight is 247 g/mol. The first-order valence-electron chi connectivity index (χ1n) is 5.88. The molecule has 6 heteroatoms. The number of aromatic nitrogens is 3. The molecule has 0 atom stereocenters. The number of H-pyrrole nitrogens is 1. The summed E-state index contributed by atoms with van der Waals surface area (Å²) in [6, 6.07) is 2.01. The van der Waals surface area contributed by atoms with Gasteiger partial charge in [-0.15, -0.1) is 0 Å². The van der Waals surface area contributed by atoms with E-state index in [0.29, 0.717) is 18.9 Å². The summed E-state index contributed by atoms with van der Waals surface area (Å²) in [7, 11) is 0. The van der Waals surface area contributed by atoms with Crippen LogP contribution in [-0.4, -0.2) is 33.9 Å². The van der Waals surface area contributed by atoms with Crippen molar-refractivity contribution in [1.82, 2.24) is 20.3 Å². The van der Waals surface area contributed by atoms with Gasteiger partial charge in [0.05, 0.1) is 5.39 Å². The molecule has 0 aliphatic rings. The summed E-state index contributed by atoms with van der Waals surface area (Å²) >= 11 is 0. The first kappa shape index (κ1) is 12.3. The minimum Gasteiger partial charge on any atom is -0.368 e. The third-order valence-corrected chi connectivity index (χ3v) is 2.53. The molecule has 2 aromatic rings. The van der Waals surface area contributed by atoms with Crippen LogP contribution in [0.25, 0.3) is 11.0 Å². The van der Waals surface area contributed by atoms with Crippen LogP contribution in [0.1, 0.15) is 18.4 Å². The predicted octanol–water partition coefficient (Wildman–Crippen LogP) is 1.12. The van der Waals surface area contributed by atoms with Gasteiger partial charge in [-0.05, 0) is 19.9 Å². The van der Waals surface area contributed by atoms with E-state index in [1.807, 2.05) is 19.9 Å². The summed E-state index contributed by atoms with van der Waals surface area (Å²) in [5.41, 5.74) is 1.89. The number of rotatable bonds is 4. The molecule has 0 saturated carbocycles. The van der Waals surface area contributed by atoms with Crippen molar-refractivity contribution in [3.63, 3.8) is 0 Å². The summed E-state index contributed by atoms with van der Waals surface area (Å²) in [5.74, 6) is 1.48. The molecule has 0 aromatic carbocycles. The van der Waals surface area contributed by atoms with Gasteiger partial charge in [0.15, 0.2) is 0 Å². The number of aromatic amines is 1. The van der Waals surface area contributed by atoms with Crippen LogP contribution in [0.15, 0.2) is 6.07 Å². The van der Waals surface area contributed by atoms with Gasteiger partial charge in [0.25, 0.3) is 0 Å². The second-order valence-corrected chi connectivity index (χ2v) is 4.24. The van der Waals surface area contributed by atoms with E-state index in [0.717, 1.165) is 22.5 Å². The number of carbonyl (C=O) groups is 1. The Balaban J connectivity index is 2.14. The topological polar surface area (TPSA) is 82.7 Å². The van der Waals surface area contributed by atoms with Crippen LogP contribution >= 0.6 is 0 Å². The summed E-state index contributed by atoms with van der Waals surface area (Å²) in [5, 5.41) is 6.92. The van der Waals surface area contributed by atoms with E-state index in [1.54, 1.807) is 0 Å². The molecule has 0 unspecified atom stereocenters. The second-order valence-electron chi connectivity index (χ2n) is 4.24. The minimum absolute atomic E-state index is 0.0293. The number of nitrogens with zero attached hydrogens (tertiary/aromatic N) is 2.